The average Bonchev–Trinajstić information content (AvgIpc) is 2.44. The predicted molar refractivity (Wildman–Crippen MR) is 72.9 cm³/mol. The van der Waals surface area contributed by atoms with Gasteiger partial charge in [-0.3, -0.25) is 4.90 Å². The van der Waals surface area contributed by atoms with Crippen molar-refractivity contribution in [3.8, 4) is 0 Å². The van der Waals surface area contributed by atoms with E-state index in [-0.39, 0.29) is 5.54 Å². The fourth-order valence-electron chi connectivity index (χ4n) is 2.84. The molecule has 0 radical (unpaired) electrons. The average molecular weight is 268 g/mol. The first kappa shape index (κ1) is 14.4. The lowest BCUT2D eigenvalue weighted by Gasteiger charge is -2.43. The summed E-state index contributed by atoms with van der Waals surface area (Å²) in [7, 11) is 0. The molecule has 106 valence electrons. The van der Waals surface area contributed by atoms with Crippen molar-refractivity contribution in [3.05, 3.63) is 35.4 Å². The number of nitrogens with zero attached hydrogens (tertiary/aromatic N) is 1. The van der Waals surface area contributed by atoms with Crippen LogP contribution in [0.3, 0.4) is 0 Å². The maximum absolute atomic E-state index is 13.3. The summed E-state index contributed by atoms with van der Waals surface area (Å²) in [6, 6.07) is 4.13. The molecule has 0 aromatic heterocycles. The van der Waals surface area contributed by atoms with E-state index in [0.717, 1.165) is 18.7 Å². The number of halogens is 2. The maximum atomic E-state index is 13.3. The molecular formula is C15H22F2N2. The number of piperidine rings is 1. The standard InChI is InChI=1S/C15H22F2N2/c1-15(11-18,19-7-3-2-4-8-19)10-12-5-6-13(16)14(17)9-12/h5-6,9H,2-4,7-8,10-11,18H2,1H3. The number of nitrogens with two attached hydrogens (primary N) is 1. The van der Waals surface area contributed by atoms with Gasteiger partial charge in [0.2, 0.25) is 0 Å². The quantitative estimate of drug-likeness (QED) is 0.909. The fraction of sp³-hybridized carbons (Fsp3) is 0.600. The summed E-state index contributed by atoms with van der Waals surface area (Å²) >= 11 is 0. The summed E-state index contributed by atoms with van der Waals surface area (Å²) in [6.07, 6.45) is 4.30. The molecule has 1 saturated heterocycles. The fourth-order valence-corrected chi connectivity index (χ4v) is 2.84. The molecule has 0 saturated carbocycles. The highest BCUT2D eigenvalue weighted by atomic mass is 19.2. The maximum Gasteiger partial charge on any atom is 0.159 e. The van der Waals surface area contributed by atoms with Crippen LogP contribution in [0.15, 0.2) is 18.2 Å². The van der Waals surface area contributed by atoms with Crippen LogP contribution in [0, 0.1) is 11.6 Å². The van der Waals surface area contributed by atoms with Gasteiger partial charge in [0, 0.05) is 12.1 Å². The van der Waals surface area contributed by atoms with Crippen LogP contribution in [0.25, 0.3) is 0 Å². The van der Waals surface area contributed by atoms with E-state index in [9.17, 15) is 8.78 Å². The van der Waals surface area contributed by atoms with Gasteiger partial charge in [-0.15, -0.1) is 0 Å². The van der Waals surface area contributed by atoms with Crippen molar-refractivity contribution in [1.82, 2.24) is 4.90 Å². The lowest BCUT2D eigenvalue weighted by atomic mass is 9.89. The number of hydrogen-bond acceptors (Lipinski definition) is 2. The van der Waals surface area contributed by atoms with Gasteiger partial charge in [0.1, 0.15) is 0 Å². The van der Waals surface area contributed by atoms with Crippen LogP contribution in [0.1, 0.15) is 31.7 Å². The first-order valence-electron chi connectivity index (χ1n) is 6.94. The van der Waals surface area contributed by atoms with Crippen LogP contribution >= 0.6 is 0 Å². The summed E-state index contributed by atoms with van der Waals surface area (Å²) in [4.78, 5) is 2.39. The SMILES string of the molecule is CC(CN)(Cc1ccc(F)c(F)c1)N1CCCCC1. The Balaban J connectivity index is 2.14. The van der Waals surface area contributed by atoms with E-state index in [1.54, 1.807) is 6.07 Å². The molecule has 2 rings (SSSR count). The van der Waals surface area contributed by atoms with Gasteiger partial charge in [-0.2, -0.15) is 0 Å². The molecule has 1 aromatic carbocycles. The van der Waals surface area contributed by atoms with Gasteiger partial charge in [-0.25, -0.2) is 8.78 Å². The molecule has 1 aliphatic rings. The second kappa shape index (κ2) is 5.97. The zero-order valence-corrected chi connectivity index (χ0v) is 11.5. The molecule has 1 heterocycles. The smallest absolute Gasteiger partial charge is 0.159 e. The zero-order chi connectivity index (χ0) is 13.9. The Morgan fingerprint density at radius 1 is 1.16 bits per heavy atom. The zero-order valence-electron chi connectivity index (χ0n) is 11.5. The molecule has 4 heteroatoms. The Morgan fingerprint density at radius 3 is 2.42 bits per heavy atom. The van der Waals surface area contributed by atoms with Crippen molar-refractivity contribution in [3.63, 3.8) is 0 Å². The highest BCUT2D eigenvalue weighted by Crippen LogP contribution is 2.24. The minimum atomic E-state index is -0.795. The van der Waals surface area contributed by atoms with Gasteiger partial charge in [0.15, 0.2) is 11.6 Å². The molecule has 0 aliphatic carbocycles. The molecule has 2 nitrogen and oxygen atoms in total. The van der Waals surface area contributed by atoms with Crippen LogP contribution in [0.2, 0.25) is 0 Å². The summed E-state index contributed by atoms with van der Waals surface area (Å²) < 4.78 is 26.2. The topological polar surface area (TPSA) is 29.3 Å². The van der Waals surface area contributed by atoms with E-state index < -0.39 is 11.6 Å². The Bertz CT molecular complexity index is 430. The Morgan fingerprint density at radius 2 is 1.84 bits per heavy atom. The van der Waals surface area contributed by atoms with Gasteiger partial charge >= 0.3 is 0 Å². The number of hydrogen-bond donors (Lipinski definition) is 1. The lowest BCUT2D eigenvalue weighted by Crippen LogP contribution is -2.54. The number of benzene rings is 1. The first-order chi connectivity index (χ1) is 9.05. The molecule has 0 spiro atoms. The minimum Gasteiger partial charge on any atom is -0.329 e. The molecule has 2 N–H and O–H groups in total. The van der Waals surface area contributed by atoms with E-state index >= 15 is 0 Å². The molecule has 0 amide bonds. The molecule has 1 atom stereocenters. The number of rotatable bonds is 4. The van der Waals surface area contributed by atoms with Gasteiger partial charge in [0.05, 0.1) is 0 Å². The van der Waals surface area contributed by atoms with Crippen molar-refractivity contribution in [1.29, 1.82) is 0 Å². The minimum absolute atomic E-state index is 0.176. The van der Waals surface area contributed by atoms with Crippen molar-refractivity contribution < 1.29 is 8.78 Å². The second-order valence-corrected chi connectivity index (χ2v) is 5.67. The van der Waals surface area contributed by atoms with Crippen LogP contribution in [-0.4, -0.2) is 30.1 Å². The highest BCUT2D eigenvalue weighted by Gasteiger charge is 2.31. The van der Waals surface area contributed by atoms with E-state index in [2.05, 4.69) is 11.8 Å². The highest BCUT2D eigenvalue weighted by molar-refractivity contribution is 5.20. The molecule has 0 bridgehead atoms. The van der Waals surface area contributed by atoms with Gasteiger partial charge in [0.25, 0.3) is 0 Å². The van der Waals surface area contributed by atoms with Crippen molar-refractivity contribution in [2.45, 2.75) is 38.1 Å². The third-order valence-electron chi connectivity index (χ3n) is 4.13. The van der Waals surface area contributed by atoms with Gasteiger partial charge in [-0.05, 0) is 57.0 Å². The summed E-state index contributed by atoms with van der Waals surface area (Å²) in [6.45, 7) is 4.71. The second-order valence-electron chi connectivity index (χ2n) is 5.67. The van der Waals surface area contributed by atoms with E-state index in [0.29, 0.717) is 13.0 Å². The Labute approximate surface area is 113 Å². The van der Waals surface area contributed by atoms with Crippen LogP contribution < -0.4 is 5.73 Å². The summed E-state index contributed by atoms with van der Waals surface area (Å²) in [5.41, 5.74) is 6.57. The van der Waals surface area contributed by atoms with E-state index in [4.69, 9.17) is 5.73 Å². The molecule has 1 aromatic rings. The Hall–Kier alpha value is -1.00. The largest absolute Gasteiger partial charge is 0.329 e. The predicted octanol–water partition coefficient (Wildman–Crippen LogP) is 2.71. The van der Waals surface area contributed by atoms with E-state index in [1.165, 1.54) is 31.4 Å². The van der Waals surface area contributed by atoms with Gasteiger partial charge < -0.3 is 5.73 Å². The molecule has 1 fully saturated rings. The van der Waals surface area contributed by atoms with Crippen molar-refractivity contribution >= 4 is 0 Å². The first-order valence-corrected chi connectivity index (χ1v) is 6.94. The van der Waals surface area contributed by atoms with Crippen LogP contribution in [0.5, 0.6) is 0 Å². The third-order valence-corrected chi connectivity index (χ3v) is 4.13. The molecule has 19 heavy (non-hydrogen) atoms. The number of likely N-dealkylation sites (tertiary alicyclic amines) is 1. The lowest BCUT2D eigenvalue weighted by molar-refractivity contribution is 0.0869. The molecular weight excluding hydrogens is 246 g/mol. The van der Waals surface area contributed by atoms with Crippen LogP contribution in [0.4, 0.5) is 8.78 Å². The third kappa shape index (κ3) is 3.31. The van der Waals surface area contributed by atoms with Crippen LogP contribution in [-0.2, 0) is 6.42 Å². The van der Waals surface area contributed by atoms with Crippen molar-refractivity contribution in [2.24, 2.45) is 5.73 Å². The van der Waals surface area contributed by atoms with Crippen molar-refractivity contribution in [2.75, 3.05) is 19.6 Å². The summed E-state index contributed by atoms with van der Waals surface area (Å²) in [5, 5.41) is 0. The summed E-state index contributed by atoms with van der Waals surface area (Å²) in [5.74, 6) is -1.58. The molecule has 1 unspecified atom stereocenters. The van der Waals surface area contributed by atoms with E-state index in [1.807, 2.05) is 0 Å². The monoisotopic (exact) mass is 268 g/mol. The molecule has 1 aliphatic heterocycles. The van der Waals surface area contributed by atoms with Gasteiger partial charge in [-0.1, -0.05) is 12.5 Å². The normalized spacial score (nSPS) is 20.2. The Kier molecular flexibility index (Phi) is 4.53.